The first-order chi connectivity index (χ1) is 17.5. The average molecular weight is 561 g/mol. The number of hydrogen-bond donors (Lipinski definition) is 1. The summed E-state index contributed by atoms with van der Waals surface area (Å²) in [7, 11) is -2.25. The van der Waals surface area contributed by atoms with Gasteiger partial charge in [0.05, 0.1) is 17.7 Å². The van der Waals surface area contributed by atoms with Crippen LogP contribution in [0.3, 0.4) is 0 Å². The topological polar surface area (TPSA) is 89.0 Å². The van der Waals surface area contributed by atoms with E-state index in [1.165, 1.54) is 0 Å². The van der Waals surface area contributed by atoms with E-state index >= 15 is 0 Å². The number of carbonyl (C=O) groups excluding carboxylic acids is 1. The van der Waals surface area contributed by atoms with Crippen molar-refractivity contribution in [2.75, 3.05) is 0 Å². The van der Waals surface area contributed by atoms with E-state index in [0.717, 1.165) is 24.0 Å². The summed E-state index contributed by atoms with van der Waals surface area (Å²) in [5, 5.41) is 9.63. The van der Waals surface area contributed by atoms with Gasteiger partial charge in [0.15, 0.2) is 8.32 Å². The molecule has 0 spiro atoms. The maximum absolute atomic E-state index is 13.7. The largest absolute Gasteiger partial charge is 0.478 e. The van der Waals surface area contributed by atoms with E-state index in [0.29, 0.717) is 11.6 Å². The zero-order chi connectivity index (χ0) is 28.5. The minimum Gasteiger partial charge on any atom is -0.478 e. The molecule has 1 fully saturated rings. The fourth-order valence-electron chi connectivity index (χ4n) is 4.48. The monoisotopic (exact) mass is 560 g/mol. The molecule has 0 saturated carbocycles. The molecule has 1 aromatic heterocycles. The van der Waals surface area contributed by atoms with Crippen LogP contribution < -0.4 is 0 Å². The standard InChI is InChI=1S/C29H41ClN2O5Si/c1-28(2,3)36-27(35)32-22(17-19-9-11-20(12-10-19)26(33)34)14-15-23(32)25(21-13-16-24(30)31-18-21)37-38(7,8)29(4,5)6/h9-13,16,18,22-23,25H,14-15,17H2,1-8H3,(H,33,34)/t22?,23?,25-/m1/s1. The van der Waals surface area contributed by atoms with Crippen molar-refractivity contribution in [1.29, 1.82) is 0 Å². The third-order valence-corrected chi connectivity index (χ3v) is 12.2. The third-order valence-electron chi connectivity index (χ3n) is 7.48. The van der Waals surface area contributed by atoms with Gasteiger partial charge >= 0.3 is 12.1 Å². The van der Waals surface area contributed by atoms with Crippen LogP contribution in [-0.2, 0) is 15.6 Å². The summed E-state index contributed by atoms with van der Waals surface area (Å²) in [4.78, 5) is 31.2. The van der Waals surface area contributed by atoms with Gasteiger partial charge in [-0.1, -0.05) is 50.6 Å². The molecule has 1 aromatic carbocycles. The van der Waals surface area contributed by atoms with Crippen LogP contribution in [0.2, 0.25) is 23.3 Å². The van der Waals surface area contributed by atoms with Gasteiger partial charge < -0.3 is 14.3 Å². The van der Waals surface area contributed by atoms with Crippen molar-refractivity contribution in [1.82, 2.24) is 9.88 Å². The van der Waals surface area contributed by atoms with E-state index in [-0.39, 0.29) is 28.8 Å². The number of ether oxygens (including phenoxy) is 1. The molecule has 3 atom stereocenters. The van der Waals surface area contributed by atoms with Crippen molar-refractivity contribution in [3.8, 4) is 0 Å². The highest BCUT2D eigenvalue weighted by molar-refractivity contribution is 6.74. The van der Waals surface area contributed by atoms with Crippen molar-refractivity contribution in [2.45, 2.75) is 103 Å². The first-order valence-electron chi connectivity index (χ1n) is 13.1. The lowest BCUT2D eigenvalue weighted by Gasteiger charge is -2.43. The number of carboxylic acid groups (broad SMARTS) is 1. The van der Waals surface area contributed by atoms with Crippen LogP contribution in [0.15, 0.2) is 42.6 Å². The minimum atomic E-state index is -2.25. The van der Waals surface area contributed by atoms with Crippen LogP contribution in [-0.4, -0.2) is 53.1 Å². The number of nitrogens with zero attached hydrogens (tertiary/aromatic N) is 2. The Morgan fingerprint density at radius 1 is 1.08 bits per heavy atom. The summed E-state index contributed by atoms with van der Waals surface area (Å²) >= 11 is 6.11. The lowest BCUT2D eigenvalue weighted by Crippen LogP contribution is -2.50. The van der Waals surface area contributed by atoms with E-state index in [1.807, 2.05) is 43.9 Å². The predicted octanol–water partition coefficient (Wildman–Crippen LogP) is 7.51. The number of halogens is 1. The van der Waals surface area contributed by atoms with E-state index in [9.17, 15) is 14.7 Å². The number of amides is 1. The van der Waals surface area contributed by atoms with Crippen LogP contribution in [0.5, 0.6) is 0 Å². The molecule has 38 heavy (non-hydrogen) atoms. The number of hydrogen-bond acceptors (Lipinski definition) is 5. The van der Waals surface area contributed by atoms with E-state index < -0.39 is 26.0 Å². The van der Waals surface area contributed by atoms with Crippen molar-refractivity contribution < 1.29 is 23.9 Å². The smallest absolute Gasteiger partial charge is 0.410 e. The quantitative estimate of drug-likeness (QED) is 0.278. The first-order valence-corrected chi connectivity index (χ1v) is 16.4. The molecule has 2 unspecified atom stereocenters. The maximum atomic E-state index is 13.7. The van der Waals surface area contributed by atoms with Crippen LogP contribution >= 0.6 is 11.6 Å². The second-order valence-electron chi connectivity index (χ2n) is 12.6. The highest BCUT2D eigenvalue weighted by atomic mass is 35.5. The van der Waals surface area contributed by atoms with Crippen molar-refractivity contribution >= 4 is 32.0 Å². The van der Waals surface area contributed by atoms with Crippen LogP contribution in [0.4, 0.5) is 4.79 Å². The molecule has 1 aliphatic rings. The summed E-state index contributed by atoms with van der Waals surface area (Å²) in [5.41, 5.74) is 1.42. The first kappa shape index (κ1) is 30.1. The fraction of sp³-hybridized carbons (Fsp3) is 0.552. The van der Waals surface area contributed by atoms with Crippen LogP contribution in [0.1, 0.15) is 82.0 Å². The molecule has 0 bridgehead atoms. The number of aromatic nitrogens is 1. The van der Waals surface area contributed by atoms with Gasteiger partial charge in [0.1, 0.15) is 10.8 Å². The Morgan fingerprint density at radius 3 is 2.21 bits per heavy atom. The normalized spacial score (nSPS) is 19.3. The number of likely N-dealkylation sites (tertiary alicyclic amines) is 1. The number of carboxylic acids is 1. The lowest BCUT2D eigenvalue weighted by molar-refractivity contribution is -0.00244. The molecular formula is C29H41ClN2O5Si. The van der Waals surface area contributed by atoms with Gasteiger partial charge in [-0.3, -0.25) is 4.90 Å². The Balaban J connectivity index is 2.01. The van der Waals surface area contributed by atoms with Crippen LogP contribution in [0, 0.1) is 0 Å². The Labute approximate surface area is 232 Å². The molecule has 1 amide bonds. The molecule has 9 heteroatoms. The van der Waals surface area contributed by atoms with Crippen molar-refractivity contribution in [2.24, 2.45) is 0 Å². The highest BCUT2D eigenvalue weighted by Gasteiger charge is 2.47. The number of rotatable bonds is 7. The molecule has 1 N–H and O–H groups in total. The minimum absolute atomic E-state index is 0.0360. The number of aromatic carboxylic acids is 1. The molecule has 0 radical (unpaired) electrons. The number of benzene rings is 1. The van der Waals surface area contributed by atoms with Gasteiger partial charge in [-0.25, -0.2) is 14.6 Å². The Morgan fingerprint density at radius 2 is 1.71 bits per heavy atom. The highest BCUT2D eigenvalue weighted by Crippen LogP contribution is 2.44. The SMILES string of the molecule is CC(C)(C)OC(=O)N1C(Cc2ccc(C(=O)O)cc2)CCC1[C@H](O[Si](C)(C)C(C)(C)C)c1ccc(Cl)nc1. The van der Waals surface area contributed by atoms with E-state index in [1.54, 1.807) is 24.4 Å². The van der Waals surface area contributed by atoms with Gasteiger partial charge in [0, 0.05) is 17.8 Å². The summed E-state index contributed by atoms with van der Waals surface area (Å²) in [6, 6.07) is 10.1. The zero-order valence-corrected chi connectivity index (χ0v) is 25.5. The van der Waals surface area contributed by atoms with Crippen molar-refractivity contribution in [3.05, 3.63) is 64.4 Å². The molecule has 2 heterocycles. The Hall–Kier alpha value is -2.42. The van der Waals surface area contributed by atoms with Gasteiger partial charge in [-0.15, -0.1) is 0 Å². The average Bonchev–Trinajstić information content (AvgIpc) is 3.20. The number of carbonyl (C=O) groups is 2. The van der Waals surface area contributed by atoms with Crippen molar-refractivity contribution in [3.63, 3.8) is 0 Å². The lowest BCUT2D eigenvalue weighted by atomic mass is 10.0. The van der Waals surface area contributed by atoms with Gasteiger partial charge in [0.25, 0.3) is 0 Å². The van der Waals surface area contributed by atoms with Gasteiger partial charge in [0.2, 0.25) is 0 Å². The summed E-state index contributed by atoms with van der Waals surface area (Å²) < 4.78 is 12.9. The fourth-order valence-corrected chi connectivity index (χ4v) is 5.88. The number of pyridine rings is 1. The molecule has 2 aromatic rings. The predicted molar refractivity (Wildman–Crippen MR) is 152 cm³/mol. The van der Waals surface area contributed by atoms with Gasteiger partial charge in [-0.05, 0) is 81.9 Å². The Kier molecular flexibility index (Phi) is 9.01. The third kappa shape index (κ3) is 7.36. The second-order valence-corrected chi connectivity index (χ2v) is 17.7. The molecule has 0 aliphatic carbocycles. The maximum Gasteiger partial charge on any atom is 0.410 e. The van der Waals surface area contributed by atoms with Gasteiger partial charge in [-0.2, -0.15) is 0 Å². The van der Waals surface area contributed by atoms with E-state index in [2.05, 4.69) is 38.8 Å². The Bertz CT molecular complexity index is 1120. The molecule has 7 nitrogen and oxygen atoms in total. The molecule has 208 valence electrons. The summed E-state index contributed by atoms with van der Waals surface area (Å²) in [6.07, 6.45) is 3.06. The molecular weight excluding hydrogens is 520 g/mol. The molecule has 3 rings (SSSR count). The van der Waals surface area contributed by atoms with Crippen LogP contribution in [0.25, 0.3) is 0 Å². The molecule has 1 saturated heterocycles. The zero-order valence-electron chi connectivity index (χ0n) is 23.7. The molecule has 1 aliphatic heterocycles. The summed E-state index contributed by atoms with van der Waals surface area (Å²) in [5.74, 6) is -0.963. The summed E-state index contributed by atoms with van der Waals surface area (Å²) in [6.45, 7) is 16.6. The second kappa shape index (κ2) is 11.4. The van der Waals surface area contributed by atoms with E-state index in [4.69, 9.17) is 20.8 Å².